The fourth-order valence-electron chi connectivity index (χ4n) is 0.990. The summed E-state index contributed by atoms with van der Waals surface area (Å²) in [7, 11) is 10.8. The van der Waals surface area contributed by atoms with Crippen LogP contribution < -0.4 is 10.2 Å². The van der Waals surface area contributed by atoms with E-state index in [1.165, 1.54) is 0 Å². The monoisotopic (exact) mass is 221 g/mol. The van der Waals surface area contributed by atoms with Crippen LogP contribution in [0.25, 0.3) is 0 Å². The van der Waals surface area contributed by atoms with Crippen molar-refractivity contribution in [3.8, 4) is 0 Å². The molecule has 0 amide bonds. The highest BCUT2D eigenvalue weighted by atomic mass is 32.1. The maximum absolute atomic E-state index is 11.3. The van der Waals surface area contributed by atoms with Crippen LogP contribution in [-0.2, 0) is 4.74 Å². The van der Waals surface area contributed by atoms with E-state index < -0.39 is 16.6 Å². The van der Waals surface area contributed by atoms with E-state index in [1.54, 1.807) is 6.92 Å². The first-order valence-corrected chi connectivity index (χ1v) is 4.79. The highest BCUT2D eigenvalue weighted by Crippen LogP contribution is 2.14. The third kappa shape index (κ3) is 2.20. The van der Waals surface area contributed by atoms with E-state index in [4.69, 9.17) is 15.7 Å². The van der Waals surface area contributed by atoms with Crippen LogP contribution in [0, 0.1) is 10.1 Å². The van der Waals surface area contributed by atoms with E-state index in [-0.39, 0.29) is 21.7 Å². The summed E-state index contributed by atoms with van der Waals surface area (Å²) in [5.74, 6) is -0.695. The number of nitro groups is 1. The smallest absolute Gasteiger partial charge is 0.347 e. The van der Waals surface area contributed by atoms with Gasteiger partial charge in [-0.25, -0.2) is 4.79 Å². The van der Waals surface area contributed by atoms with E-state index in [1.807, 2.05) is 0 Å². The minimum absolute atomic E-state index is 0.0268. The summed E-state index contributed by atoms with van der Waals surface area (Å²) in [6.45, 7) is 1.79. The van der Waals surface area contributed by atoms with Gasteiger partial charge in [-0.2, -0.15) is 0 Å². The van der Waals surface area contributed by atoms with Crippen molar-refractivity contribution in [1.29, 1.82) is 0 Å². The highest BCUT2D eigenvalue weighted by molar-refractivity contribution is 7.23. The molecule has 0 bridgehead atoms. The molecule has 8 heteroatoms. The Labute approximate surface area is 92.4 Å². The van der Waals surface area contributed by atoms with Crippen LogP contribution in [-0.4, -0.2) is 33.2 Å². The lowest BCUT2D eigenvalue weighted by Crippen LogP contribution is -2.18. The molecule has 0 aliphatic heterocycles. The van der Waals surface area contributed by atoms with Crippen LogP contribution in [0.15, 0.2) is 0 Å². The molecule has 4 radical (unpaired) electrons. The molecule has 74 valence electrons. The Balaban J connectivity index is 3.17. The first kappa shape index (κ1) is 11.8. The molecule has 0 aliphatic carbocycles. The quantitative estimate of drug-likeness (QED) is 0.296. The van der Waals surface area contributed by atoms with E-state index >= 15 is 0 Å². The summed E-state index contributed by atoms with van der Waals surface area (Å²) in [6, 6.07) is 0. The molecule has 0 atom stereocenters. The van der Waals surface area contributed by atoms with E-state index in [0.717, 1.165) is 11.3 Å². The van der Waals surface area contributed by atoms with Gasteiger partial charge in [0.15, 0.2) is 0 Å². The first-order valence-electron chi connectivity index (χ1n) is 3.98. The number of thiophene rings is 1. The van der Waals surface area contributed by atoms with Crippen molar-refractivity contribution in [3.63, 3.8) is 0 Å². The van der Waals surface area contributed by atoms with Crippen LogP contribution >= 0.6 is 11.3 Å². The predicted octanol–water partition coefficient (Wildman–Crippen LogP) is -0.579. The lowest BCUT2D eigenvalue weighted by Gasteiger charge is -1.98. The lowest BCUT2D eigenvalue weighted by molar-refractivity contribution is -0.382. The van der Waals surface area contributed by atoms with Crippen molar-refractivity contribution < 1.29 is 14.5 Å². The van der Waals surface area contributed by atoms with Crippen LogP contribution in [0.1, 0.15) is 16.6 Å². The number of ether oxygens (including phenoxy) is 1. The van der Waals surface area contributed by atoms with Crippen LogP contribution in [0.5, 0.6) is 0 Å². The van der Waals surface area contributed by atoms with Gasteiger partial charge >= 0.3 is 5.97 Å². The number of hydrogen-bond donors (Lipinski definition) is 0. The zero-order valence-corrected chi connectivity index (χ0v) is 8.67. The van der Waals surface area contributed by atoms with Gasteiger partial charge in [-0.1, -0.05) is 0 Å². The summed E-state index contributed by atoms with van der Waals surface area (Å²) in [4.78, 5) is 21.1. The number of nitrogens with zero attached hydrogens (tertiary/aromatic N) is 1. The van der Waals surface area contributed by atoms with Gasteiger partial charge in [-0.15, -0.1) is 11.3 Å². The fraction of sp³-hybridized carbons (Fsp3) is 0.286. The van der Waals surface area contributed by atoms with Gasteiger partial charge < -0.3 is 4.74 Å². The van der Waals surface area contributed by atoms with Crippen LogP contribution in [0.2, 0.25) is 0 Å². The lowest BCUT2D eigenvalue weighted by atomic mass is 9.91. The standard InChI is InChI=1S/C7H5B2NO4S/c1-2-14-7(11)5-3(8)4(10(12)13)6(9)15-5/h2H2,1H3. The Bertz CT molecular complexity index is 417. The largest absolute Gasteiger partial charge is 0.462 e. The Hall–Kier alpha value is -1.30. The second-order valence-corrected chi connectivity index (χ2v) is 3.59. The third-order valence-electron chi connectivity index (χ3n) is 1.59. The number of carbonyl (C=O) groups excluding carboxylic acids is 1. The predicted molar refractivity (Wildman–Crippen MR) is 57.7 cm³/mol. The first-order chi connectivity index (χ1) is 6.99. The number of hydrogen-bond acceptors (Lipinski definition) is 5. The Morgan fingerprint density at radius 3 is 2.60 bits per heavy atom. The Kier molecular flexibility index (Phi) is 3.52. The molecular formula is C7H5B2NO4S. The van der Waals surface area contributed by atoms with Gasteiger partial charge in [0.2, 0.25) is 0 Å². The van der Waals surface area contributed by atoms with Crippen molar-refractivity contribution in [2.45, 2.75) is 6.92 Å². The molecule has 0 spiro atoms. The molecule has 0 unspecified atom stereocenters. The minimum Gasteiger partial charge on any atom is -0.462 e. The number of rotatable bonds is 3. The maximum atomic E-state index is 11.3. The van der Waals surface area contributed by atoms with Gasteiger partial charge in [0, 0.05) is 10.2 Å². The van der Waals surface area contributed by atoms with Gasteiger partial charge in [-0.3, -0.25) is 10.1 Å². The average molecular weight is 221 g/mol. The van der Waals surface area contributed by atoms with Gasteiger partial charge in [-0.05, 0) is 6.92 Å². The summed E-state index contributed by atoms with van der Waals surface area (Å²) >= 11 is 0.754. The summed E-state index contributed by atoms with van der Waals surface area (Å²) < 4.78 is 4.57. The second-order valence-electron chi connectivity index (χ2n) is 2.54. The molecule has 5 nitrogen and oxygen atoms in total. The Morgan fingerprint density at radius 2 is 2.20 bits per heavy atom. The zero-order chi connectivity index (χ0) is 11.6. The molecule has 15 heavy (non-hydrogen) atoms. The average Bonchev–Trinajstić information content (AvgIpc) is 2.42. The van der Waals surface area contributed by atoms with Crippen molar-refractivity contribution >= 4 is 48.9 Å². The summed E-state index contributed by atoms with van der Waals surface area (Å²) in [6.07, 6.45) is 0. The molecular weight excluding hydrogens is 216 g/mol. The van der Waals surface area contributed by atoms with Crippen LogP contribution in [0.4, 0.5) is 5.69 Å². The molecule has 0 aliphatic rings. The zero-order valence-electron chi connectivity index (χ0n) is 7.85. The molecule has 0 saturated carbocycles. The molecule has 1 rings (SSSR count). The molecule has 0 saturated heterocycles. The summed E-state index contributed by atoms with van der Waals surface area (Å²) in [5.41, 5.74) is -0.663. The number of carbonyl (C=O) groups is 1. The Morgan fingerprint density at radius 1 is 1.60 bits per heavy atom. The van der Waals surface area contributed by atoms with Crippen molar-refractivity contribution in [1.82, 2.24) is 0 Å². The molecule has 0 fully saturated rings. The molecule has 1 heterocycles. The number of esters is 1. The van der Waals surface area contributed by atoms with E-state index in [2.05, 4.69) is 4.74 Å². The summed E-state index contributed by atoms with van der Waals surface area (Å²) in [5, 5.41) is 10.5. The molecule has 1 aromatic heterocycles. The molecule has 0 N–H and O–H groups in total. The van der Waals surface area contributed by atoms with E-state index in [9.17, 15) is 14.9 Å². The highest BCUT2D eigenvalue weighted by Gasteiger charge is 2.24. The van der Waals surface area contributed by atoms with E-state index in [0.29, 0.717) is 0 Å². The minimum atomic E-state index is -0.718. The van der Waals surface area contributed by atoms with Crippen LogP contribution in [0.3, 0.4) is 0 Å². The maximum Gasteiger partial charge on any atom is 0.347 e. The van der Waals surface area contributed by atoms with Crippen molar-refractivity contribution in [2.75, 3.05) is 6.61 Å². The topological polar surface area (TPSA) is 69.4 Å². The van der Waals surface area contributed by atoms with Crippen molar-refractivity contribution in [2.24, 2.45) is 0 Å². The van der Waals surface area contributed by atoms with Crippen molar-refractivity contribution in [3.05, 3.63) is 15.0 Å². The van der Waals surface area contributed by atoms with Gasteiger partial charge in [0.05, 0.1) is 11.5 Å². The second kappa shape index (κ2) is 4.48. The normalized spacial score (nSPS) is 9.93. The molecule has 0 aromatic carbocycles. The molecule has 1 aromatic rings. The fourth-order valence-corrected chi connectivity index (χ4v) is 1.84. The van der Waals surface area contributed by atoms with Gasteiger partial charge in [0.1, 0.15) is 20.6 Å². The van der Waals surface area contributed by atoms with Gasteiger partial charge in [0.25, 0.3) is 5.69 Å². The third-order valence-corrected chi connectivity index (χ3v) is 2.59. The SMILES string of the molecule is [B]c1sc(C(=O)OCC)c([B])c1[N+](=O)[O-].